The summed E-state index contributed by atoms with van der Waals surface area (Å²) in [7, 11) is 0. The van der Waals surface area contributed by atoms with Crippen molar-refractivity contribution >= 4 is 22.9 Å². The number of hydrogen-bond acceptors (Lipinski definition) is 6. The number of aryl methyl sites for hydroxylation is 2. The monoisotopic (exact) mass is 467 g/mol. The number of carbonyl (C=O) groups is 1. The number of carbonyl (C=O) groups excluding carboxylic acids is 1. The zero-order valence-electron chi connectivity index (χ0n) is 21.0. The molecule has 5 rings (SSSR count). The van der Waals surface area contributed by atoms with Crippen LogP contribution in [-0.4, -0.2) is 69.6 Å². The first-order valence-corrected chi connectivity index (χ1v) is 13.5. The van der Waals surface area contributed by atoms with Gasteiger partial charge in [-0.05, 0) is 56.9 Å². The van der Waals surface area contributed by atoms with Crippen molar-refractivity contribution in [3.05, 3.63) is 12.2 Å². The van der Waals surface area contributed by atoms with Gasteiger partial charge in [-0.25, -0.2) is 15.0 Å². The molecule has 3 aliphatic heterocycles. The van der Waals surface area contributed by atoms with Gasteiger partial charge in [0.1, 0.15) is 12.2 Å². The number of piperidine rings is 2. The Kier molecular flexibility index (Phi) is 7.32. The fourth-order valence-electron chi connectivity index (χ4n) is 6.37. The molecule has 0 aromatic carbocycles. The summed E-state index contributed by atoms with van der Waals surface area (Å²) in [5.74, 6) is 3.80. The van der Waals surface area contributed by atoms with E-state index >= 15 is 0 Å². The predicted molar refractivity (Wildman–Crippen MR) is 135 cm³/mol. The quantitative estimate of drug-likeness (QED) is 0.657. The van der Waals surface area contributed by atoms with Crippen LogP contribution in [0.4, 0.5) is 5.82 Å². The Morgan fingerprint density at radius 1 is 1.06 bits per heavy atom. The molecule has 0 saturated carbocycles. The molecule has 3 atom stereocenters. The van der Waals surface area contributed by atoms with E-state index in [1.165, 1.54) is 38.8 Å². The highest BCUT2D eigenvalue weighted by Crippen LogP contribution is 2.29. The summed E-state index contributed by atoms with van der Waals surface area (Å²) in [4.78, 5) is 32.0. The number of amides is 1. The number of aromatic nitrogens is 4. The van der Waals surface area contributed by atoms with Crippen LogP contribution in [0.2, 0.25) is 0 Å². The first-order valence-electron chi connectivity index (χ1n) is 13.5. The number of imidazole rings is 1. The fourth-order valence-corrected chi connectivity index (χ4v) is 6.37. The van der Waals surface area contributed by atoms with Crippen molar-refractivity contribution in [2.24, 2.45) is 17.8 Å². The van der Waals surface area contributed by atoms with Gasteiger partial charge in [-0.1, -0.05) is 20.3 Å². The molecule has 186 valence electrons. The van der Waals surface area contributed by atoms with E-state index in [9.17, 15) is 4.79 Å². The molecule has 0 aliphatic carbocycles. The van der Waals surface area contributed by atoms with E-state index in [1.54, 1.807) is 6.33 Å². The van der Waals surface area contributed by atoms with Gasteiger partial charge < -0.3 is 19.7 Å². The predicted octanol–water partition coefficient (Wildman–Crippen LogP) is 3.25. The van der Waals surface area contributed by atoms with Gasteiger partial charge >= 0.3 is 0 Å². The van der Waals surface area contributed by atoms with E-state index in [0.717, 1.165) is 86.5 Å². The summed E-state index contributed by atoms with van der Waals surface area (Å²) in [6, 6.07) is 0. The van der Waals surface area contributed by atoms with Crippen LogP contribution in [0.1, 0.15) is 64.6 Å². The average molecular weight is 468 g/mol. The number of fused-ring (bicyclic) bond motifs is 3. The van der Waals surface area contributed by atoms with E-state index in [0.29, 0.717) is 6.54 Å². The van der Waals surface area contributed by atoms with Crippen molar-refractivity contribution in [2.75, 3.05) is 44.2 Å². The fraction of sp³-hybridized carbons (Fsp3) is 0.769. The smallest absolute Gasteiger partial charge is 0.224 e. The van der Waals surface area contributed by atoms with Gasteiger partial charge in [0.2, 0.25) is 5.91 Å². The number of rotatable bonds is 6. The number of anilines is 1. The second kappa shape index (κ2) is 10.6. The minimum atomic E-state index is 0.00855. The van der Waals surface area contributed by atoms with Crippen molar-refractivity contribution in [1.82, 2.24) is 29.7 Å². The highest BCUT2D eigenvalue weighted by molar-refractivity contribution is 5.85. The second-order valence-corrected chi connectivity index (χ2v) is 11.0. The SMILES string of the molecule is C[C@@H]1C[C@@H](C)CN(CCCNC(=O)[C@@H]2CCCN(c3ncnc4c3nc3n4CCCCC3)C2)C1. The lowest BCUT2D eigenvalue weighted by atomic mass is 9.92. The van der Waals surface area contributed by atoms with E-state index in [-0.39, 0.29) is 11.8 Å². The van der Waals surface area contributed by atoms with Crippen LogP contribution in [0, 0.1) is 17.8 Å². The molecule has 8 nitrogen and oxygen atoms in total. The van der Waals surface area contributed by atoms with E-state index < -0.39 is 0 Å². The summed E-state index contributed by atoms with van der Waals surface area (Å²) in [6.45, 7) is 11.6. The van der Waals surface area contributed by atoms with Gasteiger partial charge in [0.15, 0.2) is 17.0 Å². The molecule has 1 N–H and O–H groups in total. The molecule has 0 spiro atoms. The molecule has 0 bridgehead atoms. The maximum atomic E-state index is 13.0. The van der Waals surface area contributed by atoms with Crippen LogP contribution in [-0.2, 0) is 17.8 Å². The van der Waals surface area contributed by atoms with Gasteiger partial charge in [0.05, 0.1) is 5.92 Å². The molecule has 5 heterocycles. The zero-order valence-corrected chi connectivity index (χ0v) is 21.0. The third-order valence-corrected chi connectivity index (χ3v) is 7.86. The van der Waals surface area contributed by atoms with Gasteiger partial charge in [-0.15, -0.1) is 0 Å². The van der Waals surface area contributed by atoms with Gasteiger partial charge in [-0.2, -0.15) is 0 Å². The largest absolute Gasteiger partial charge is 0.356 e. The molecule has 2 fully saturated rings. The maximum Gasteiger partial charge on any atom is 0.224 e. The summed E-state index contributed by atoms with van der Waals surface area (Å²) in [5, 5.41) is 3.23. The minimum absolute atomic E-state index is 0.00855. The second-order valence-electron chi connectivity index (χ2n) is 11.0. The van der Waals surface area contributed by atoms with Gasteiger partial charge in [0, 0.05) is 45.7 Å². The zero-order chi connectivity index (χ0) is 23.5. The molecule has 0 radical (unpaired) electrons. The van der Waals surface area contributed by atoms with E-state index in [1.807, 2.05) is 0 Å². The first-order chi connectivity index (χ1) is 16.6. The van der Waals surface area contributed by atoms with Crippen molar-refractivity contribution in [3.8, 4) is 0 Å². The Balaban J connectivity index is 1.17. The molecule has 2 aromatic heterocycles. The first kappa shape index (κ1) is 23.5. The normalized spacial score (nSPS) is 26.3. The van der Waals surface area contributed by atoms with Crippen LogP contribution < -0.4 is 10.2 Å². The third-order valence-electron chi connectivity index (χ3n) is 7.86. The number of likely N-dealkylation sites (tertiary alicyclic amines) is 1. The van der Waals surface area contributed by atoms with Crippen LogP contribution in [0.3, 0.4) is 0 Å². The highest BCUT2D eigenvalue weighted by atomic mass is 16.1. The number of nitrogens with one attached hydrogen (secondary N) is 1. The number of hydrogen-bond donors (Lipinski definition) is 1. The van der Waals surface area contributed by atoms with Gasteiger partial charge in [0.25, 0.3) is 0 Å². The Bertz CT molecular complexity index is 979. The Labute approximate surface area is 203 Å². The highest BCUT2D eigenvalue weighted by Gasteiger charge is 2.29. The lowest BCUT2D eigenvalue weighted by Crippen LogP contribution is -2.44. The molecule has 34 heavy (non-hydrogen) atoms. The van der Waals surface area contributed by atoms with Crippen LogP contribution in [0.5, 0.6) is 0 Å². The lowest BCUT2D eigenvalue weighted by molar-refractivity contribution is -0.125. The lowest BCUT2D eigenvalue weighted by Gasteiger charge is -2.35. The molecule has 2 saturated heterocycles. The Morgan fingerprint density at radius 2 is 1.91 bits per heavy atom. The maximum absolute atomic E-state index is 13.0. The van der Waals surface area contributed by atoms with Crippen molar-refractivity contribution in [3.63, 3.8) is 0 Å². The molecule has 1 amide bonds. The molecule has 2 aromatic rings. The van der Waals surface area contributed by atoms with Gasteiger partial charge in [-0.3, -0.25) is 4.79 Å². The number of nitrogens with zero attached hydrogens (tertiary/aromatic N) is 6. The Morgan fingerprint density at radius 3 is 2.76 bits per heavy atom. The average Bonchev–Trinajstić information content (AvgIpc) is 3.02. The topological polar surface area (TPSA) is 79.2 Å². The van der Waals surface area contributed by atoms with Crippen LogP contribution >= 0.6 is 0 Å². The van der Waals surface area contributed by atoms with Crippen molar-refractivity contribution in [2.45, 2.75) is 71.8 Å². The third kappa shape index (κ3) is 5.21. The Hall–Kier alpha value is -2.22. The van der Waals surface area contributed by atoms with E-state index in [2.05, 4.69) is 43.5 Å². The van der Waals surface area contributed by atoms with E-state index in [4.69, 9.17) is 4.98 Å². The molecule has 3 aliphatic rings. The standard InChI is InChI=1S/C26H41N7O/c1-19-14-20(2)16-31(15-19)11-7-10-27-26(34)21-8-6-12-32(17-21)24-23-25(29-18-28-24)33-13-5-3-4-9-22(33)30-23/h18-21H,3-17H2,1-2H3,(H,27,34)/t19-,20-,21-/m1/s1. The van der Waals surface area contributed by atoms with Crippen molar-refractivity contribution in [1.29, 1.82) is 0 Å². The molecule has 0 unspecified atom stereocenters. The summed E-state index contributed by atoms with van der Waals surface area (Å²) in [5.41, 5.74) is 1.86. The van der Waals surface area contributed by atoms with Crippen molar-refractivity contribution < 1.29 is 4.79 Å². The molecular weight excluding hydrogens is 426 g/mol. The molecular formula is C26H41N7O. The summed E-state index contributed by atoms with van der Waals surface area (Å²) < 4.78 is 2.28. The summed E-state index contributed by atoms with van der Waals surface area (Å²) in [6.07, 6.45) is 10.6. The van der Waals surface area contributed by atoms with Crippen LogP contribution in [0.15, 0.2) is 6.33 Å². The minimum Gasteiger partial charge on any atom is -0.356 e. The summed E-state index contributed by atoms with van der Waals surface area (Å²) >= 11 is 0. The van der Waals surface area contributed by atoms with Crippen LogP contribution in [0.25, 0.3) is 11.2 Å². The molecule has 8 heteroatoms.